The third-order valence-corrected chi connectivity index (χ3v) is 3.00. The van der Waals surface area contributed by atoms with Crippen molar-refractivity contribution in [1.82, 2.24) is 4.57 Å². The molecule has 0 radical (unpaired) electrons. The Bertz CT molecular complexity index is 631. The van der Waals surface area contributed by atoms with Gasteiger partial charge in [-0.3, -0.25) is 9.59 Å². The SMILES string of the molecule is CCOC(=O)CCn1ccc(C(=O)c2ccc(F)cc2)c1. The van der Waals surface area contributed by atoms with Crippen molar-refractivity contribution in [3.8, 4) is 0 Å². The van der Waals surface area contributed by atoms with Crippen LogP contribution in [0.3, 0.4) is 0 Å². The molecule has 0 unspecified atom stereocenters. The van der Waals surface area contributed by atoms with Gasteiger partial charge in [-0.1, -0.05) is 0 Å². The zero-order valence-electron chi connectivity index (χ0n) is 11.7. The van der Waals surface area contributed by atoms with E-state index >= 15 is 0 Å². The molecular formula is C16H16FNO3. The number of esters is 1. The zero-order valence-corrected chi connectivity index (χ0v) is 11.7. The molecule has 1 aromatic carbocycles. The summed E-state index contributed by atoms with van der Waals surface area (Å²) >= 11 is 0. The number of benzene rings is 1. The van der Waals surface area contributed by atoms with E-state index in [1.165, 1.54) is 24.3 Å². The molecule has 0 spiro atoms. The van der Waals surface area contributed by atoms with Crippen molar-refractivity contribution in [2.75, 3.05) is 6.61 Å². The molecule has 2 rings (SSSR count). The topological polar surface area (TPSA) is 48.3 Å². The summed E-state index contributed by atoms with van der Waals surface area (Å²) in [6.45, 7) is 2.57. The molecule has 0 amide bonds. The fourth-order valence-electron chi connectivity index (χ4n) is 1.94. The van der Waals surface area contributed by atoms with E-state index < -0.39 is 0 Å². The molecular weight excluding hydrogens is 273 g/mol. The fourth-order valence-corrected chi connectivity index (χ4v) is 1.94. The van der Waals surface area contributed by atoms with Crippen molar-refractivity contribution in [3.63, 3.8) is 0 Å². The van der Waals surface area contributed by atoms with Crippen LogP contribution in [0.4, 0.5) is 4.39 Å². The van der Waals surface area contributed by atoms with Gasteiger partial charge in [0.05, 0.1) is 13.0 Å². The Hall–Kier alpha value is -2.43. The summed E-state index contributed by atoms with van der Waals surface area (Å²) < 4.78 is 19.4. The summed E-state index contributed by atoms with van der Waals surface area (Å²) in [5.41, 5.74) is 0.935. The molecule has 4 nitrogen and oxygen atoms in total. The molecule has 0 saturated heterocycles. The standard InChI is InChI=1S/C16H16FNO3/c1-2-21-15(19)8-10-18-9-7-13(11-18)16(20)12-3-5-14(17)6-4-12/h3-7,9,11H,2,8,10H2,1H3. The molecule has 0 atom stereocenters. The van der Waals surface area contributed by atoms with E-state index in [1.54, 1.807) is 30.0 Å². The Labute approximate surface area is 122 Å². The van der Waals surface area contributed by atoms with Gasteiger partial charge < -0.3 is 9.30 Å². The first-order valence-electron chi connectivity index (χ1n) is 6.72. The van der Waals surface area contributed by atoms with Crippen molar-refractivity contribution < 1.29 is 18.7 Å². The summed E-state index contributed by atoms with van der Waals surface area (Å²) in [5, 5.41) is 0. The minimum atomic E-state index is -0.376. The molecule has 110 valence electrons. The molecule has 21 heavy (non-hydrogen) atoms. The fraction of sp³-hybridized carbons (Fsp3) is 0.250. The molecule has 0 aliphatic rings. The lowest BCUT2D eigenvalue weighted by molar-refractivity contribution is -0.143. The number of nitrogens with zero attached hydrogens (tertiary/aromatic N) is 1. The number of hydrogen-bond donors (Lipinski definition) is 0. The molecule has 0 saturated carbocycles. The quantitative estimate of drug-likeness (QED) is 0.607. The first kappa shape index (κ1) is 15.0. The van der Waals surface area contributed by atoms with Crippen molar-refractivity contribution in [1.29, 1.82) is 0 Å². The largest absolute Gasteiger partial charge is 0.466 e. The second-order valence-corrected chi connectivity index (χ2v) is 4.53. The minimum Gasteiger partial charge on any atom is -0.466 e. The van der Waals surface area contributed by atoms with Crippen LogP contribution in [0.1, 0.15) is 29.3 Å². The summed E-state index contributed by atoms with van der Waals surface area (Å²) in [5.74, 6) is -0.818. The Kier molecular flexibility index (Phi) is 4.87. The van der Waals surface area contributed by atoms with Crippen molar-refractivity contribution in [2.24, 2.45) is 0 Å². The highest BCUT2D eigenvalue weighted by Crippen LogP contribution is 2.11. The van der Waals surface area contributed by atoms with Crippen molar-refractivity contribution in [3.05, 3.63) is 59.7 Å². The van der Waals surface area contributed by atoms with E-state index in [1.807, 2.05) is 0 Å². The number of aryl methyl sites for hydroxylation is 1. The third-order valence-electron chi connectivity index (χ3n) is 3.00. The number of carbonyl (C=O) groups is 2. The lowest BCUT2D eigenvalue weighted by Gasteiger charge is -2.03. The number of ketones is 1. The van der Waals surface area contributed by atoms with Gasteiger partial charge in [0, 0.05) is 30.1 Å². The minimum absolute atomic E-state index is 0.176. The van der Waals surface area contributed by atoms with E-state index in [-0.39, 0.29) is 24.0 Å². The van der Waals surface area contributed by atoms with E-state index in [2.05, 4.69) is 0 Å². The Balaban J connectivity index is 2.00. The van der Waals surface area contributed by atoms with E-state index in [9.17, 15) is 14.0 Å². The van der Waals surface area contributed by atoms with Crippen LogP contribution in [0, 0.1) is 5.82 Å². The van der Waals surface area contributed by atoms with E-state index in [0.29, 0.717) is 24.3 Å². The first-order valence-corrected chi connectivity index (χ1v) is 6.72. The molecule has 0 N–H and O–H groups in total. The predicted molar refractivity (Wildman–Crippen MR) is 75.5 cm³/mol. The summed E-state index contributed by atoms with van der Waals surface area (Å²) in [7, 11) is 0. The van der Waals surface area contributed by atoms with Gasteiger partial charge >= 0.3 is 5.97 Å². The van der Waals surface area contributed by atoms with Gasteiger partial charge in [0.2, 0.25) is 0 Å². The number of halogens is 1. The van der Waals surface area contributed by atoms with Gasteiger partial charge in [0.15, 0.2) is 5.78 Å². The van der Waals surface area contributed by atoms with Crippen LogP contribution in [0.2, 0.25) is 0 Å². The van der Waals surface area contributed by atoms with Crippen LogP contribution in [0.15, 0.2) is 42.7 Å². The van der Waals surface area contributed by atoms with Gasteiger partial charge in [-0.05, 0) is 37.3 Å². The maximum absolute atomic E-state index is 12.8. The normalized spacial score (nSPS) is 10.4. The molecule has 1 aromatic heterocycles. The second-order valence-electron chi connectivity index (χ2n) is 4.53. The number of aromatic nitrogens is 1. The van der Waals surface area contributed by atoms with Gasteiger partial charge in [-0.2, -0.15) is 0 Å². The van der Waals surface area contributed by atoms with E-state index in [0.717, 1.165) is 0 Å². The average molecular weight is 289 g/mol. The highest BCUT2D eigenvalue weighted by atomic mass is 19.1. The predicted octanol–water partition coefficient (Wildman–Crippen LogP) is 2.81. The molecule has 5 heteroatoms. The summed E-state index contributed by atoms with van der Waals surface area (Å²) in [6, 6.07) is 7.09. The Morgan fingerprint density at radius 1 is 1.14 bits per heavy atom. The molecule has 0 bridgehead atoms. The van der Waals surface area contributed by atoms with Crippen LogP contribution < -0.4 is 0 Å². The summed E-state index contributed by atoms with van der Waals surface area (Å²) in [6.07, 6.45) is 3.66. The number of ether oxygens (including phenoxy) is 1. The van der Waals surface area contributed by atoms with Crippen LogP contribution in [0.5, 0.6) is 0 Å². The maximum atomic E-state index is 12.8. The molecule has 0 aliphatic heterocycles. The molecule has 0 aliphatic carbocycles. The highest BCUT2D eigenvalue weighted by Gasteiger charge is 2.11. The third kappa shape index (κ3) is 4.02. The Morgan fingerprint density at radius 3 is 2.52 bits per heavy atom. The smallest absolute Gasteiger partial charge is 0.307 e. The van der Waals surface area contributed by atoms with Crippen LogP contribution >= 0.6 is 0 Å². The lowest BCUT2D eigenvalue weighted by Crippen LogP contribution is -2.08. The Morgan fingerprint density at radius 2 is 1.86 bits per heavy atom. The van der Waals surface area contributed by atoms with Crippen molar-refractivity contribution >= 4 is 11.8 Å². The van der Waals surface area contributed by atoms with Crippen LogP contribution in [-0.2, 0) is 16.1 Å². The number of hydrogen-bond acceptors (Lipinski definition) is 3. The first-order chi connectivity index (χ1) is 10.1. The van der Waals surface area contributed by atoms with Gasteiger partial charge in [-0.25, -0.2) is 4.39 Å². The van der Waals surface area contributed by atoms with Gasteiger partial charge in [-0.15, -0.1) is 0 Å². The van der Waals surface area contributed by atoms with Gasteiger partial charge in [0.1, 0.15) is 5.82 Å². The lowest BCUT2D eigenvalue weighted by atomic mass is 10.1. The molecule has 1 heterocycles. The van der Waals surface area contributed by atoms with Crippen LogP contribution in [0.25, 0.3) is 0 Å². The maximum Gasteiger partial charge on any atom is 0.307 e. The molecule has 2 aromatic rings. The molecule has 0 fully saturated rings. The average Bonchev–Trinajstić information content (AvgIpc) is 2.94. The zero-order chi connectivity index (χ0) is 15.2. The number of carbonyl (C=O) groups excluding carboxylic acids is 2. The monoisotopic (exact) mass is 289 g/mol. The highest BCUT2D eigenvalue weighted by molar-refractivity contribution is 6.08. The van der Waals surface area contributed by atoms with Crippen LogP contribution in [-0.4, -0.2) is 22.9 Å². The number of rotatable bonds is 6. The second kappa shape index (κ2) is 6.83. The van der Waals surface area contributed by atoms with Gasteiger partial charge in [0.25, 0.3) is 0 Å². The van der Waals surface area contributed by atoms with E-state index in [4.69, 9.17) is 4.74 Å². The van der Waals surface area contributed by atoms with Crippen molar-refractivity contribution in [2.45, 2.75) is 19.9 Å². The summed E-state index contributed by atoms with van der Waals surface area (Å²) in [4.78, 5) is 23.5.